The van der Waals surface area contributed by atoms with Gasteiger partial charge in [-0.05, 0) is 13.0 Å². The second-order valence-electron chi connectivity index (χ2n) is 3.33. The van der Waals surface area contributed by atoms with Crippen LogP contribution in [0.25, 0.3) is 0 Å². The Morgan fingerprint density at radius 2 is 1.75 bits per heavy atom. The molecule has 48 valence electrons. The highest BCUT2D eigenvalue weighted by Gasteiger charge is 2.08. The Kier molecular flexibility index (Phi) is 3.06. The minimum atomic E-state index is -0.765. The summed E-state index contributed by atoms with van der Waals surface area (Å²) in [5, 5.41) is 0. The molecule has 0 heterocycles. The van der Waals surface area contributed by atoms with Crippen LogP contribution in [0.3, 0.4) is 0 Å². The lowest BCUT2D eigenvalue weighted by Crippen LogP contribution is -2.17. The van der Waals surface area contributed by atoms with Gasteiger partial charge in [0.1, 0.15) is 0 Å². The standard InChI is InChI=1S/C7H16Si/c1-5-6-7-8(2,3)4/h5-6H,7H2,1-4H3/b6-5-. The van der Waals surface area contributed by atoms with Crippen LogP contribution in [0.5, 0.6) is 0 Å². The molecule has 0 saturated heterocycles. The van der Waals surface area contributed by atoms with E-state index in [4.69, 9.17) is 0 Å². The maximum absolute atomic E-state index is 2.38. The molecule has 0 radical (unpaired) electrons. The molecular formula is C7H16Si. The van der Waals surface area contributed by atoms with Crippen molar-refractivity contribution in [2.75, 3.05) is 0 Å². The normalized spacial score (nSPS) is 13.0. The van der Waals surface area contributed by atoms with E-state index in [0.717, 1.165) is 0 Å². The smallest absolute Gasteiger partial charge is 0.0480 e. The Labute approximate surface area is 53.6 Å². The summed E-state index contributed by atoms with van der Waals surface area (Å²) in [4.78, 5) is 0. The van der Waals surface area contributed by atoms with Crippen molar-refractivity contribution in [1.29, 1.82) is 0 Å². The molecule has 1 heteroatoms. The minimum Gasteiger partial charge on any atom is -0.0919 e. The predicted molar refractivity (Wildman–Crippen MR) is 43.0 cm³/mol. The molecule has 0 unspecified atom stereocenters. The average molecular weight is 128 g/mol. The number of hydrogen-bond acceptors (Lipinski definition) is 0. The average Bonchev–Trinajstić information content (AvgIpc) is 1.59. The highest BCUT2D eigenvalue weighted by atomic mass is 28.3. The van der Waals surface area contributed by atoms with Crippen LogP contribution in [0.1, 0.15) is 6.92 Å². The monoisotopic (exact) mass is 128 g/mol. The summed E-state index contributed by atoms with van der Waals surface area (Å²) in [6, 6.07) is 1.32. The number of allylic oxidation sites excluding steroid dienone is 2. The van der Waals surface area contributed by atoms with Crippen molar-refractivity contribution >= 4 is 8.07 Å². The quantitative estimate of drug-likeness (QED) is 0.396. The van der Waals surface area contributed by atoms with E-state index in [0.29, 0.717) is 0 Å². The molecule has 0 aliphatic heterocycles. The Balaban J connectivity index is 3.39. The summed E-state index contributed by atoms with van der Waals surface area (Å²) in [7, 11) is -0.765. The summed E-state index contributed by atoms with van der Waals surface area (Å²) in [6.07, 6.45) is 4.41. The van der Waals surface area contributed by atoms with E-state index in [9.17, 15) is 0 Å². The van der Waals surface area contributed by atoms with Crippen molar-refractivity contribution < 1.29 is 0 Å². The van der Waals surface area contributed by atoms with Crippen molar-refractivity contribution in [3.05, 3.63) is 12.2 Å². The molecule has 0 atom stereocenters. The second kappa shape index (κ2) is 3.08. The van der Waals surface area contributed by atoms with Gasteiger partial charge in [0.2, 0.25) is 0 Å². The van der Waals surface area contributed by atoms with Crippen LogP contribution in [-0.2, 0) is 0 Å². The molecule has 0 aromatic rings. The Hall–Kier alpha value is -0.0431. The molecule has 0 aromatic heterocycles. The Bertz CT molecular complexity index is 76.9. The van der Waals surface area contributed by atoms with Gasteiger partial charge in [-0.15, -0.1) is 0 Å². The lowest BCUT2D eigenvalue weighted by atomic mass is 10.6. The van der Waals surface area contributed by atoms with E-state index in [1.807, 2.05) is 0 Å². The van der Waals surface area contributed by atoms with Crippen LogP contribution in [0, 0.1) is 0 Å². The lowest BCUT2D eigenvalue weighted by Gasteiger charge is -2.10. The minimum absolute atomic E-state index is 0.765. The fraction of sp³-hybridized carbons (Fsp3) is 0.714. The lowest BCUT2D eigenvalue weighted by molar-refractivity contribution is 1.49. The van der Waals surface area contributed by atoms with Crippen molar-refractivity contribution in [2.24, 2.45) is 0 Å². The van der Waals surface area contributed by atoms with E-state index in [-0.39, 0.29) is 0 Å². The van der Waals surface area contributed by atoms with Crippen LogP contribution in [0.4, 0.5) is 0 Å². The molecule has 0 rings (SSSR count). The third kappa shape index (κ3) is 5.96. The molecule has 0 spiro atoms. The molecule has 0 bridgehead atoms. The van der Waals surface area contributed by atoms with Crippen LogP contribution in [0.2, 0.25) is 25.7 Å². The summed E-state index contributed by atoms with van der Waals surface area (Å²) < 4.78 is 0. The van der Waals surface area contributed by atoms with Crippen LogP contribution >= 0.6 is 0 Å². The largest absolute Gasteiger partial charge is 0.0919 e. The van der Waals surface area contributed by atoms with Crippen LogP contribution in [0.15, 0.2) is 12.2 Å². The molecular weight excluding hydrogens is 112 g/mol. The van der Waals surface area contributed by atoms with Gasteiger partial charge in [-0.1, -0.05) is 31.8 Å². The fourth-order valence-electron chi connectivity index (χ4n) is 0.471. The molecule has 0 fully saturated rings. The van der Waals surface area contributed by atoms with E-state index >= 15 is 0 Å². The van der Waals surface area contributed by atoms with E-state index < -0.39 is 8.07 Å². The van der Waals surface area contributed by atoms with Gasteiger partial charge in [0.15, 0.2) is 0 Å². The molecule has 0 saturated carbocycles. The highest BCUT2D eigenvalue weighted by Crippen LogP contribution is 2.07. The summed E-state index contributed by atoms with van der Waals surface area (Å²) >= 11 is 0. The third-order valence-corrected chi connectivity index (χ3v) is 2.43. The van der Waals surface area contributed by atoms with Gasteiger partial charge in [-0.2, -0.15) is 0 Å². The molecule has 0 aromatic carbocycles. The highest BCUT2D eigenvalue weighted by molar-refractivity contribution is 6.76. The SMILES string of the molecule is C/C=C\C[Si](C)(C)C. The summed E-state index contributed by atoms with van der Waals surface area (Å²) in [5.74, 6) is 0. The van der Waals surface area contributed by atoms with E-state index in [1.54, 1.807) is 0 Å². The maximum atomic E-state index is 2.38. The Morgan fingerprint density at radius 1 is 1.25 bits per heavy atom. The summed E-state index contributed by atoms with van der Waals surface area (Å²) in [6.45, 7) is 9.23. The van der Waals surface area contributed by atoms with Gasteiger partial charge in [-0.3, -0.25) is 0 Å². The second-order valence-corrected chi connectivity index (χ2v) is 8.86. The van der Waals surface area contributed by atoms with Gasteiger partial charge in [-0.25, -0.2) is 0 Å². The predicted octanol–water partition coefficient (Wildman–Crippen LogP) is 2.90. The third-order valence-electron chi connectivity index (χ3n) is 0.966. The first-order valence-electron chi connectivity index (χ1n) is 3.17. The molecule has 0 nitrogen and oxygen atoms in total. The van der Waals surface area contributed by atoms with Crippen LogP contribution in [-0.4, -0.2) is 8.07 Å². The molecule has 0 aliphatic rings. The van der Waals surface area contributed by atoms with Gasteiger partial charge in [0, 0.05) is 8.07 Å². The zero-order chi connectivity index (χ0) is 6.62. The van der Waals surface area contributed by atoms with Crippen molar-refractivity contribution in [3.63, 3.8) is 0 Å². The van der Waals surface area contributed by atoms with E-state index in [2.05, 4.69) is 38.7 Å². The number of hydrogen-bond donors (Lipinski definition) is 0. The van der Waals surface area contributed by atoms with Crippen molar-refractivity contribution in [1.82, 2.24) is 0 Å². The van der Waals surface area contributed by atoms with Crippen molar-refractivity contribution in [3.8, 4) is 0 Å². The van der Waals surface area contributed by atoms with E-state index in [1.165, 1.54) is 6.04 Å². The fourth-order valence-corrected chi connectivity index (χ4v) is 1.41. The van der Waals surface area contributed by atoms with Gasteiger partial charge >= 0.3 is 0 Å². The zero-order valence-corrected chi connectivity index (χ0v) is 7.36. The first kappa shape index (κ1) is 7.96. The topological polar surface area (TPSA) is 0 Å². The van der Waals surface area contributed by atoms with Crippen LogP contribution < -0.4 is 0 Å². The van der Waals surface area contributed by atoms with Crippen molar-refractivity contribution in [2.45, 2.75) is 32.6 Å². The molecule has 0 amide bonds. The molecule has 8 heavy (non-hydrogen) atoms. The molecule has 0 aliphatic carbocycles. The first-order chi connectivity index (χ1) is 3.56. The Morgan fingerprint density at radius 3 is 1.88 bits per heavy atom. The maximum Gasteiger partial charge on any atom is 0.0480 e. The first-order valence-corrected chi connectivity index (χ1v) is 6.88. The summed E-state index contributed by atoms with van der Waals surface area (Å²) in [5.41, 5.74) is 0. The zero-order valence-electron chi connectivity index (χ0n) is 6.36. The van der Waals surface area contributed by atoms with Gasteiger partial charge < -0.3 is 0 Å². The van der Waals surface area contributed by atoms with Gasteiger partial charge in [0.05, 0.1) is 0 Å². The number of rotatable bonds is 2. The molecule has 0 N–H and O–H groups in total. The van der Waals surface area contributed by atoms with Gasteiger partial charge in [0.25, 0.3) is 0 Å².